The molecule has 65 heavy (non-hydrogen) atoms. The number of hydrogen-bond acceptors (Lipinski definition) is 16. The fourth-order valence-electron chi connectivity index (χ4n) is 6.34. The van der Waals surface area contributed by atoms with E-state index in [-0.39, 0.29) is 145 Å². The summed E-state index contributed by atoms with van der Waals surface area (Å²) in [5.41, 5.74) is 4.21. The number of aromatic carboxylic acids is 1. The smallest absolute Gasteiger partial charge is 0.744 e. The third kappa shape index (κ3) is 11.9. The van der Waals surface area contributed by atoms with Crippen LogP contribution in [0.3, 0.4) is 0 Å². The van der Waals surface area contributed by atoms with Gasteiger partial charge in [0, 0.05) is 39.2 Å². The van der Waals surface area contributed by atoms with E-state index in [1.807, 2.05) is 0 Å². The second-order valence-corrected chi connectivity index (χ2v) is 16.2. The van der Waals surface area contributed by atoms with Crippen molar-refractivity contribution < 1.29 is 144 Å². The zero-order chi connectivity index (χ0) is 44.5. The number of fused-ring (bicyclic) bond motifs is 2. The summed E-state index contributed by atoms with van der Waals surface area (Å²) < 4.78 is 73.7. The van der Waals surface area contributed by atoms with Crippen molar-refractivity contribution in [2.45, 2.75) is 6.92 Å². The van der Waals surface area contributed by atoms with Crippen LogP contribution in [0.2, 0.25) is 0 Å². The van der Waals surface area contributed by atoms with E-state index in [2.05, 4.69) is 31.7 Å². The Kier molecular flexibility index (Phi) is 17.5. The minimum atomic E-state index is -5.31. The SMILES string of the molecule is Cc1cc(C(=O)Nc2ccc3c(c2)C=C(S(=O)(=O)[O-])/C(=N/Nc2ccccc2C(=O)[O-])C3=O)ccc1N/N=C1\C(=O)c2ccc(NC(=O)c3ccccc3)cc2C=C1S(=O)(=O)[O-].[Na+].[Na+].[Na+]. The molecule has 0 unspecified atom stereocenters. The summed E-state index contributed by atoms with van der Waals surface area (Å²) in [5, 5.41) is 24.5. The maximum atomic E-state index is 13.5. The van der Waals surface area contributed by atoms with E-state index in [0.29, 0.717) is 11.1 Å². The van der Waals surface area contributed by atoms with Crippen LogP contribution >= 0.6 is 0 Å². The first kappa shape index (κ1) is 52.7. The summed E-state index contributed by atoms with van der Waals surface area (Å²) in [7, 11) is -10.6. The Balaban J connectivity index is 0.00000308. The van der Waals surface area contributed by atoms with Gasteiger partial charge >= 0.3 is 88.7 Å². The van der Waals surface area contributed by atoms with Crippen molar-refractivity contribution in [3.8, 4) is 0 Å². The van der Waals surface area contributed by atoms with E-state index in [1.165, 1.54) is 78.9 Å². The van der Waals surface area contributed by atoms with Gasteiger partial charge in [0.15, 0.2) is 0 Å². The molecule has 2 amide bonds. The molecule has 0 saturated heterocycles. The number of carboxylic acid groups (broad SMARTS) is 1. The summed E-state index contributed by atoms with van der Waals surface area (Å²) in [6, 6.07) is 25.7. The zero-order valence-electron chi connectivity index (χ0n) is 34.7. The molecule has 23 heteroatoms. The van der Waals surface area contributed by atoms with Gasteiger partial charge in [0.1, 0.15) is 31.7 Å². The van der Waals surface area contributed by atoms with Crippen molar-refractivity contribution in [3.05, 3.63) is 164 Å². The summed E-state index contributed by atoms with van der Waals surface area (Å²) in [6.45, 7) is 1.56. The molecule has 0 aromatic heterocycles. The van der Waals surface area contributed by atoms with Crippen molar-refractivity contribution in [3.63, 3.8) is 0 Å². The predicted molar refractivity (Wildman–Crippen MR) is 223 cm³/mol. The molecule has 0 saturated carbocycles. The predicted octanol–water partition coefficient (Wildman–Crippen LogP) is -5.02. The third-order valence-electron chi connectivity index (χ3n) is 9.36. The van der Waals surface area contributed by atoms with Gasteiger partial charge in [0.2, 0.25) is 11.6 Å². The number of hydrogen-bond donors (Lipinski definition) is 4. The zero-order valence-corrected chi connectivity index (χ0v) is 42.3. The summed E-state index contributed by atoms with van der Waals surface area (Å²) in [5.74, 6) is -4.58. The van der Waals surface area contributed by atoms with Crippen LogP contribution < -0.4 is 115 Å². The molecule has 2 aliphatic rings. The molecule has 0 bridgehead atoms. The number of aryl methyl sites for hydroxylation is 1. The number of benzene rings is 5. The monoisotopic (exact) mass is 940 g/mol. The molecule has 2 aliphatic carbocycles. The molecule has 0 aliphatic heterocycles. The summed E-state index contributed by atoms with van der Waals surface area (Å²) in [6.07, 6.45) is 1.88. The van der Waals surface area contributed by atoms with Gasteiger partial charge in [0.25, 0.3) is 11.8 Å². The Hall–Kier alpha value is -4.91. The van der Waals surface area contributed by atoms with Gasteiger partial charge in [-0.05, 0) is 109 Å². The molecule has 4 N–H and O–H groups in total. The minimum absolute atomic E-state index is 0. The number of carboxylic acids is 1. The first-order valence-electron chi connectivity index (χ1n) is 17.9. The number of allylic oxidation sites excluding steroid dienone is 2. The van der Waals surface area contributed by atoms with E-state index >= 15 is 0 Å². The molecule has 0 atom stereocenters. The first-order chi connectivity index (χ1) is 29.4. The molecule has 0 heterocycles. The number of Topliss-reactive ketones (excluding diaryl/α,β-unsaturated/α-hetero) is 2. The molecule has 5 aromatic carbocycles. The van der Waals surface area contributed by atoms with E-state index in [0.717, 1.165) is 12.2 Å². The molecular weight excluding hydrogens is 914 g/mol. The number of ketones is 2. The van der Waals surface area contributed by atoms with Crippen LogP contribution in [0.5, 0.6) is 0 Å². The second kappa shape index (κ2) is 21.6. The van der Waals surface area contributed by atoms with Gasteiger partial charge < -0.3 is 29.6 Å². The van der Waals surface area contributed by atoms with Gasteiger partial charge in [-0.2, -0.15) is 10.2 Å². The van der Waals surface area contributed by atoms with Crippen molar-refractivity contribution in [1.29, 1.82) is 0 Å². The van der Waals surface area contributed by atoms with Crippen molar-refractivity contribution >= 4 is 95.9 Å². The third-order valence-corrected chi connectivity index (χ3v) is 11.1. The Labute approximate surface area is 437 Å². The number of carbonyl (C=O) groups excluding carboxylic acids is 5. The number of para-hydroxylation sites is 1. The minimum Gasteiger partial charge on any atom is -0.744 e. The number of carbonyl (C=O) groups is 5. The Morgan fingerprint density at radius 2 is 1.02 bits per heavy atom. The van der Waals surface area contributed by atoms with Crippen molar-refractivity contribution in [2.75, 3.05) is 21.5 Å². The quantitative estimate of drug-likeness (QED) is 0.0548. The summed E-state index contributed by atoms with van der Waals surface area (Å²) in [4.78, 5) is 62.4. The number of rotatable bonds is 11. The van der Waals surface area contributed by atoms with E-state index < -0.39 is 70.8 Å². The van der Waals surface area contributed by atoms with Crippen LogP contribution in [0, 0.1) is 6.92 Å². The Bertz CT molecular complexity index is 3160. The van der Waals surface area contributed by atoms with E-state index in [4.69, 9.17) is 0 Å². The topological polar surface area (TPSA) is 296 Å². The van der Waals surface area contributed by atoms with Crippen LogP contribution in [0.1, 0.15) is 68.5 Å². The van der Waals surface area contributed by atoms with E-state index in [9.17, 15) is 55.0 Å². The van der Waals surface area contributed by atoms with Gasteiger partial charge in [-0.15, -0.1) is 0 Å². The number of nitrogens with zero attached hydrogens (tertiary/aromatic N) is 2. The first-order valence-corrected chi connectivity index (χ1v) is 20.7. The number of nitrogens with one attached hydrogen (secondary N) is 4. The van der Waals surface area contributed by atoms with Crippen molar-refractivity contribution in [2.24, 2.45) is 10.2 Å². The van der Waals surface area contributed by atoms with Crippen LogP contribution in [0.25, 0.3) is 12.2 Å². The van der Waals surface area contributed by atoms with Gasteiger partial charge in [-0.1, -0.05) is 36.4 Å². The van der Waals surface area contributed by atoms with Crippen LogP contribution in [-0.4, -0.2) is 66.7 Å². The van der Waals surface area contributed by atoms with Gasteiger partial charge in [-0.25, -0.2) is 16.8 Å². The van der Waals surface area contributed by atoms with Crippen molar-refractivity contribution in [1.82, 2.24) is 0 Å². The maximum Gasteiger partial charge on any atom is 1.00 e. The van der Waals surface area contributed by atoms with Crippen LogP contribution in [0.15, 0.2) is 129 Å². The molecule has 0 fully saturated rings. The standard InChI is InChI=1S/C42H30N6O12S2.3Na/c1-22-17-24(41(52)44-28-13-15-30-26(19-28)21-35(62(58,59)60)37(39(30)50)48-46-33-10-6-5-9-31(33)42(53)54)11-16-32(22)45-47-36-34(61(55,56)57)20-25-18-27(12-14-29(25)38(36)49)43-40(51)23-7-3-2-4-8-23;;;/h2-21,45-46H,1H3,(H,43,51)(H,44,52)(H,53,54)(H,55,56,57)(H,58,59,60);;;/q;3*+1/p-3/b47-36-,48-37-;;;. The number of hydrazone groups is 2. The molecule has 0 radical (unpaired) electrons. The number of anilines is 4. The molecule has 7 rings (SSSR count). The normalized spacial score (nSPS) is 14.2. The Morgan fingerprint density at radius 3 is 1.49 bits per heavy atom. The average Bonchev–Trinajstić information content (AvgIpc) is 3.22. The fourth-order valence-corrected chi connectivity index (χ4v) is 7.63. The van der Waals surface area contributed by atoms with Crippen LogP contribution in [0.4, 0.5) is 22.7 Å². The molecular formula is C42H27N6Na3O12S2. The Morgan fingerprint density at radius 1 is 0.554 bits per heavy atom. The summed E-state index contributed by atoms with van der Waals surface area (Å²) >= 11 is 0. The van der Waals surface area contributed by atoms with Gasteiger partial charge in [0.05, 0.1) is 27.2 Å². The van der Waals surface area contributed by atoms with E-state index in [1.54, 1.807) is 37.3 Å². The molecule has 312 valence electrons. The fraction of sp³-hybridized carbons (Fsp3) is 0.0238. The molecule has 0 spiro atoms. The maximum absolute atomic E-state index is 13.5. The van der Waals surface area contributed by atoms with Crippen LogP contribution in [-0.2, 0) is 20.2 Å². The van der Waals surface area contributed by atoms with Gasteiger partial charge in [-0.3, -0.25) is 30.0 Å². The largest absolute Gasteiger partial charge is 1.00 e. The average molecular weight is 941 g/mol. The molecule has 5 aromatic rings. The second-order valence-electron chi connectivity index (χ2n) is 13.5. The molecule has 18 nitrogen and oxygen atoms in total. The number of amides is 2.